The van der Waals surface area contributed by atoms with Gasteiger partial charge in [-0.25, -0.2) is 9.78 Å². The van der Waals surface area contributed by atoms with E-state index in [1.165, 1.54) is 29.0 Å². The number of phenols is 2. The van der Waals surface area contributed by atoms with Gasteiger partial charge in [0, 0.05) is 17.0 Å². The van der Waals surface area contributed by atoms with Crippen molar-refractivity contribution < 1.29 is 24.5 Å². The van der Waals surface area contributed by atoms with Crippen molar-refractivity contribution in [3.8, 4) is 22.8 Å². The predicted octanol–water partition coefficient (Wildman–Crippen LogP) is 3.58. The summed E-state index contributed by atoms with van der Waals surface area (Å²) in [5, 5.41) is 23.7. The summed E-state index contributed by atoms with van der Waals surface area (Å²) >= 11 is 1.27. The molecule has 0 unspecified atom stereocenters. The van der Waals surface area contributed by atoms with Crippen LogP contribution in [0.3, 0.4) is 0 Å². The molecule has 3 N–H and O–H groups in total. The van der Waals surface area contributed by atoms with Crippen LogP contribution < -0.4 is 5.32 Å². The Morgan fingerprint density at radius 3 is 2.57 bits per heavy atom. The molecule has 0 aliphatic heterocycles. The van der Waals surface area contributed by atoms with Gasteiger partial charge in [-0.3, -0.25) is 10.1 Å². The minimum absolute atomic E-state index is 0.141. The van der Waals surface area contributed by atoms with Crippen LogP contribution in [0.1, 0.15) is 22.8 Å². The number of thiazole rings is 1. The molecule has 1 amide bonds. The second-order valence-electron chi connectivity index (χ2n) is 5.91. The highest BCUT2D eigenvalue weighted by Crippen LogP contribution is 2.26. The maximum Gasteiger partial charge on any atom is 0.342 e. The van der Waals surface area contributed by atoms with Crippen molar-refractivity contribution in [3.05, 3.63) is 59.0 Å². The Hall–Kier alpha value is -3.39. The number of rotatable bonds is 6. The van der Waals surface area contributed by atoms with Gasteiger partial charge in [-0.2, -0.15) is 0 Å². The van der Waals surface area contributed by atoms with E-state index in [0.29, 0.717) is 5.13 Å². The van der Waals surface area contributed by atoms with E-state index in [-0.39, 0.29) is 11.3 Å². The molecule has 144 valence electrons. The number of nitrogens with zero attached hydrogens (tertiary/aromatic N) is 1. The zero-order valence-electron chi connectivity index (χ0n) is 15.0. The van der Waals surface area contributed by atoms with Crippen LogP contribution in [-0.2, 0) is 16.0 Å². The first-order valence-corrected chi connectivity index (χ1v) is 9.38. The van der Waals surface area contributed by atoms with E-state index >= 15 is 0 Å². The Labute approximate surface area is 165 Å². The molecule has 0 fully saturated rings. The van der Waals surface area contributed by atoms with Crippen LogP contribution in [0.5, 0.6) is 11.5 Å². The largest absolute Gasteiger partial charge is 0.508 e. The van der Waals surface area contributed by atoms with E-state index in [2.05, 4.69) is 17.2 Å². The van der Waals surface area contributed by atoms with Gasteiger partial charge in [0.05, 0.1) is 5.69 Å². The number of carbonyl (C=O) groups excluding carboxylic acids is 2. The number of aromatic hydroxyl groups is 2. The Kier molecular flexibility index (Phi) is 5.90. The van der Waals surface area contributed by atoms with Crippen molar-refractivity contribution in [2.24, 2.45) is 0 Å². The highest BCUT2D eigenvalue weighted by atomic mass is 32.1. The lowest BCUT2D eigenvalue weighted by Gasteiger charge is -2.06. The lowest BCUT2D eigenvalue weighted by molar-refractivity contribution is -0.119. The summed E-state index contributed by atoms with van der Waals surface area (Å²) in [5.74, 6) is -2.03. The van der Waals surface area contributed by atoms with Crippen molar-refractivity contribution in [1.82, 2.24) is 4.98 Å². The molecule has 0 saturated heterocycles. The van der Waals surface area contributed by atoms with Crippen molar-refractivity contribution in [3.63, 3.8) is 0 Å². The lowest BCUT2D eigenvalue weighted by Crippen LogP contribution is -2.20. The summed E-state index contributed by atoms with van der Waals surface area (Å²) in [4.78, 5) is 28.3. The molecule has 1 heterocycles. The summed E-state index contributed by atoms with van der Waals surface area (Å²) in [7, 11) is 0. The molecule has 2 aromatic carbocycles. The van der Waals surface area contributed by atoms with E-state index < -0.39 is 24.2 Å². The zero-order valence-corrected chi connectivity index (χ0v) is 15.8. The number of benzene rings is 2. The Morgan fingerprint density at radius 1 is 1.14 bits per heavy atom. The Morgan fingerprint density at radius 2 is 1.89 bits per heavy atom. The summed E-state index contributed by atoms with van der Waals surface area (Å²) < 4.78 is 4.88. The quantitative estimate of drug-likeness (QED) is 0.548. The third-order valence-electron chi connectivity index (χ3n) is 3.94. The summed E-state index contributed by atoms with van der Waals surface area (Å²) in [6.45, 7) is 1.56. The summed E-state index contributed by atoms with van der Waals surface area (Å²) in [6.07, 6.45) is 0.958. The molecule has 8 heteroatoms. The van der Waals surface area contributed by atoms with Crippen molar-refractivity contribution >= 4 is 28.3 Å². The van der Waals surface area contributed by atoms with Gasteiger partial charge >= 0.3 is 5.97 Å². The smallest absolute Gasteiger partial charge is 0.342 e. The minimum Gasteiger partial charge on any atom is -0.508 e. The average Bonchev–Trinajstić information content (AvgIpc) is 3.14. The van der Waals surface area contributed by atoms with Gasteiger partial charge in [0.1, 0.15) is 17.1 Å². The van der Waals surface area contributed by atoms with Gasteiger partial charge in [0.2, 0.25) is 0 Å². The predicted molar refractivity (Wildman–Crippen MR) is 106 cm³/mol. The number of carbonyl (C=O) groups is 2. The number of aryl methyl sites for hydroxylation is 1. The number of esters is 1. The highest BCUT2D eigenvalue weighted by Gasteiger charge is 2.15. The van der Waals surface area contributed by atoms with E-state index in [9.17, 15) is 19.8 Å². The van der Waals surface area contributed by atoms with Crippen LogP contribution in [-0.4, -0.2) is 33.7 Å². The molecule has 0 bridgehead atoms. The molecule has 0 aliphatic rings. The van der Waals surface area contributed by atoms with Crippen LogP contribution in [0, 0.1) is 0 Å². The average molecular weight is 398 g/mol. The maximum absolute atomic E-state index is 12.0. The number of hydrogen-bond donors (Lipinski definition) is 3. The van der Waals surface area contributed by atoms with Crippen molar-refractivity contribution in [2.75, 3.05) is 11.9 Å². The fourth-order valence-corrected chi connectivity index (χ4v) is 3.17. The number of anilines is 1. The van der Waals surface area contributed by atoms with E-state index in [1.54, 1.807) is 0 Å². The molecule has 28 heavy (non-hydrogen) atoms. The molecule has 1 aromatic heterocycles. The zero-order chi connectivity index (χ0) is 20.1. The lowest BCUT2D eigenvalue weighted by atomic mass is 10.1. The highest BCUT2D eigenvalue weighted by molar-refractivity contribution is 7.14. The monoisotopic (exact) mass is 398 g/mol. The number of ether oxygens (including phenoxy) is 1. The molecule has 7 nitrogen and oxygen atoms in total. The second-order valence-corrected chi connectivity index (χ2v) is 6.77. The normalized spacial score (nSPS) is 10.5. The van der Waals surface area contributed by atoms with Crippen molar-refractivity contribution in [1.29, 1.82) is 0 Å². The Balaban J connectivity index is 1.56. The van der Waals surface area contributed by atoms with Gasteiger partial charge in [-0.1, -0.05) is 31.2 Å². The fourth-order valence-electron chi connectivity index (χ4n) is 2.43. The van der Waals surface area contributed by atoms with Gasteiger partial charge in [0.15, 0.2) is 11.7 Å². The number of amides is 1. The second kappa shape index (κ2) is 8.53. The molecule has 3 rings (SSSR count). The molecule has 0 atom stereocenters. The van der Waals surface area contributed by atoms with E-state index in [0.717, 1.165) is 23.7 Å². The van der Waals surface area contributed by atoms with Crippen molar-refractivity contribution in [2.45, 2.75) is 13.3 Å². The third-order valence-corrected chi connectivity index (χ3v) is 4.70. The maximum atomic E-state index is 12.0. The number of aromatic nitrogens is 1. The first-order chi connectivity index (χ1) is 13.5. The van der Waals surface area contributed by atoms with E-state index in [1.807, 2.05) is 29.6 Å². The third kappa shape index (κ3) is 4.66. The number of phenolic OH excluding ortho intramolecular Hbond substituents is 2. The van der Waals surface area contributed by atoms with Crippen LogP contribution in [0.4, 0.5) is 5.13 Å². The van der Waals surface area contributed by atoms with Crippen LogP contribution in [0.25, 0.3) is 11.3 Å². The van der Waals surface area contributed by atoms with E-state index in [4.69, 9.17) is 4.74 Å². The standard InChI is InChI=1S/C20H18N2O5S/c1-2-12-3-5-13(6-4-12)16-11-28-20(21-16)22-18(25)10-27-19(26)15-8-7-14(23)9-17(15)24/h3-9,11,23-24H,2,10H2,1H3,(H,21,22,25). The fraction of sp³-hybridized carbons (Fsp3) is 0.150. The van der Waals surface area contributed by atoms with Gasteiger partial charge in [0.25, 0.3) is 5.91 Å². The topological polar surface area (TPSA) is 109 Å². The molecule has 0 saturated carbocycles. The summed E-state index contributed by atoms with van der Waals surface area (Å²) in [5.41, 5.74) is 2.78. The van der Waals surface area contributed by atoms with Crippen LogP contribution in [0.15, 0.2) is 47.8 Å². The minimum atomic E-state index is -0.872. The van der Waals surface area contributed by atoms with Gasteiger partial charge in [-0.15, -0.1) is 11.3 Å². The van der Waals surface area contributed by atoms with Crippen LogP contribution in [0.2, 0.25) is 0 Å². The first kappa shape index (κ1) is 19.4. The van der Waals surface area contributed by atoms with Gasteiger partial charge in [-0.05, 0) is 24.1 Å². The molecular formula is C20H18N2O5S. The number of nitrogens with one attached hydrogen (secondary N) is 1. The van der Waals surface area contributed by atoms with Gasteiger partial charge < -0.3 is 14.9 Å². The number of hydrogen-bond acceptors (Lipinski definition) is 7. The van der Waals surface area contributed by atoms with Crippen LogP contribution >= 0.6 is 11.3 Å². The molecule has 0 radical (unpaired) electrons. The molecule has 3 aromatic rings. The molecule has 0 aliphatic carbocycles. The molecule has 0 spiro atoms. The molecular weight excluding hydrogens is 380 g/mol. The summed E-state index contributed by atoms with van der Waals surface area (Å²) in [6, 6.07) is 11.5. The Bertz CT molecular complexity index is 998. The first-order valence-electron chi connectivity index (χ1n) is 8.50. The SMILES string of the molecule is CCc1ccc(-c2csc(NC(=O)COC(=O)c3ccc(O)cc3O)n2)cc1.